The maximum absolute atomic E-state index is 9.67. The molecule has 0 saturated carbocycles. The maximum atomic E-state index is 9.67. The second-order valence-corrected chi connectivity index (χ2v) is 3.12. The van der Waals surface area contributed by atoms with E-state index in [9.17, 15) is 12.9 Å². The minimum Gasteiger partial charge on any atom is -0.315 e. The van der Waals surface area contributed by atoms with Gasteiger partial charge in [-0.25, -0.2) is 0 Å². The van der Waals surface area contributed by atoms with E-state index >= 15 is 0 Å². The molecule has 0 aliphatic rings. The van der Waals surface area contributed by atoms with Crippen LogP contribution in [0, 0.1) is 5.92 Å². The molecule has 0 N–H and O–H groups in total. The van der Waals surface area contributed by atoms with E-state index in [0.29, 0.717) is 0 Å². The Balaban J connectivity index is 0. The molecule has 1 rings (SSSR count). The van der Waals surface area contributed by atoms with Crippen LogP contribution in [-0.2, 0) is 6.42 Å². The third-order valence-corrected chi connectivity index (χ3v) is 1.40. The van der Waals surface area contributed by atoms with Gasteiger partial charge in [-0.15, -0.1) is 0 Å². The molecule has 0 unspecified atom stereocenters. The summed E-state index contributed by atoms with van der Waals surface area (Å²) in [5, 5.41) is 0. The summed E-state index contributed by atoms with van der Waals surface area (Å²) >= 11 is 0. The van der Waals surface area contributed by atoms with Gasteiger partial charge >= 0.3 is 58.9 Å². The fraction of sp³-hybridized carbons (Fsp3) is 0.300. The first kappa shape index (κ1) is 18.1. The summed E-state index contributed by atoms with van der Waals surface area (Å²) < 4.78 is 29.0. The van der Waals surface area contributed by atoms with Gasteiger partial charge in [-0.05, 0) is 0 Å². The smallest absolute Gasteiger partial charge is 0.315 e. The first-order valence-electron chi connectivity index (χ1n) is 4.27. The van der Waals surface area contributed by atoms with Crippen LogP contribution < -0.4 is 51.4 Å². The fourth-order valence-electron chi connectivity index (χ4n) is 1.00. The van der Waals surface area contributed by atoms with Crippen molar-refractivity contribution in [2.75, 3.05) is 0 Å². The summed E-state index contributed by atoms with van der Waals surface area (Å²) in [6, 6.07) is 10.5. The molecule has 0 fully saturated rings. The van der Waals surface area contributed by atoms with E-state index in [4.69, 9.17) is 0 Å². The van der Waals surface area contributed by atoms with Gasteiger partial charge in [0.2, 0.25) is 0 Å². The first-order chi connectivity index (χ1) is 6.52. The molecule has 15 heavy (non-hydrogen) atoms. The van der Waals surface area contributed by atoms with Gasteiger partial charge in [0.05, 0.1) is 0 Å². The van der Waals surface area contributed by atoms with Crippen molar-refractivity contribution in [3.8, 4) is 0 Å². The van der Waals surface area contributed by atoms with Crippen molar-refractivity contribution >= 4 is 7.54 Å². The van der Waals surface area contributed by atoms with Crippen LogP contribution in [0.3, 0.4) is 0 Å². The molecule has 0 aliphatic carbocycles. The van der Waals surface area contributed by atoms with Crippen LogP contribution in [0.15, 0.2) is 30.3 Å². The second kappa shape index (κ2) is 11.2. The Hall–Kier alpha value is 0.711. The predicted molar refractivity (Wildman–Crippen MR) is 53.8 cm³/mol. The second-order valence-electron chi connectivity index (χ2n) is 3.12. The van der Waals surface area contributed by atoms with Crippen molar-refractivity contribution in [1.29, 1.82) is 0 Å². The molecule has 0 saturated heterocycles. The minimum atomic E-state index is -3.67. The zero-order valence-electron chi connectivity index (χ0n) is 9.31. The Morgan fingerprint density at radius 2 is 1.47 bits per heavy atom. The summed E-state index contributed by atoms with van der Waals surface area (Å²) in [4.78, 5) is 0. The SMILES string of the molecule is C[C-](C)Cc1ccccc1.FB(F)F.[K+]. The Bertz CT molecular complexity index is 227. The van der Waals surface area contributed by atoms with Crippen LogP contribution in [0.25, 0.3) is 0 Å². The van der Waals surface area contributed by atoms with Crippen molar-refractivity contribution in [2.45, 2.75) is 20.3 Å². The van der Waals surface area contributed by atoms with Gasteiger partial charge in [0, 0.05) is 0 Å². The predicted octanol–water partition coefficient (Wildman–Crippen LogP) is 0.727. The number of rotatable bonds is 2. The molecule has 0 nitrogen and oxygen atoms in total. The topological polar surface area (TPSA) is 0 Å². The average molecular weight is 240 g/mol. The van der Waals surface area contributed by atoms with Crippen LogP contribution >= 0.6 is 0 Å². The van der Waals surface area contributed by atoms with E-state index in [1.165, 1.54) is 11.5 Å². The molecule has 0 spiro atoms. The van der Waals surface area contributed by atoms with Crippen molar-refractivity contribution in [3.05, 3.63) is 41.8 Å². The minimum absolute atomic E-state index is 0. The molecule has 0 amide bonds. The molecule has 0 atom stereocenters. The van der Waals surface area contributed by atoms with E-state index in [1.807, 2.05) is 0 Å². The zero-order valence-corrected chi connectivity index (χ0v) is 12.4. The maximum Gasteiger partial charge on any atom is 1.00 e. The number of hydrogen-bond donors (Lipinski definition) is 0. The molecule has 1 aromatic carbocycles. The Kier molecular flexibility index (Phi) is 13.5. The van der Waals surface area contributed by atoms with E-state index in [2.05, 4.69) is 44.2 Å². The molecule has 0 heterocycles. The third kappa shape index (κ3) is 14.7. The number of halogens is 3. The molecular formula is C10H13BF3K. The summed E-state index contributed by atoms with van der Waals surface area (Å²) in [5.74, 6) is 1.46. The van der Waals surface area contributed by atoms with Gasteiger partial charge < -0.3 is 5.92 Å². The van der Waals surface area contributed by atoms with Crippen molar-refractivity contribution in [3.63, 3.8) is 0 Å². The van der Waals surface area contributed by atoms with Crippen LogP contribution in [0.1, 0.15) is 19.4 Å². The monoisotopic (exact) mass is 240 g/mol. The van der Waals surface area contributed by atoms with Crippen LogP contribution in [0.4, 0.5) is 12.9 Å². The van der Waals surface area contributed by atoms with E-state index in [-0.39, 0.29) is 51.4 Å². The summed E-state index contributed by atoms with van der Waals surface area (Å²) in [6.45, 7) is 4.32. The standard InChI is InChI=1S/C10H13.BF3.K/c1-9(2)8-10-6-4-3-5-7-10;2-1(3)4;/h3-7H,8H2,1-2H3;;/q-1;;+1. The van der Waals surface area contributed by atoms with Crippen LogP contribution in [-0.4, -0.2) is 7.54 Å². The quantitative estimate of drug-likeness (QED) is 0.528. The van der Waals surface area contributed by atoms with Gasteiger partial charge in [0.15, 0.2) is 0 Å². The molecule has 0 radical (unpaired) electrons. The van der Waals surface area contributed by atoms with E-state index in [0.717, 1.165) is 6.42 Å². The van der Waals surface area contributed by atoms with Crippen molar-refractivity contribution < 1.29 is 64.3 Å². The third-order valence-electron chi connectivity index (χ3n) is 1.40. The normalized spacial score (nSPS) is 8.67. The number of hydrogen-bond acceptors (Lipinski definition) is 0. The van der Waals surface area contributed by atoms with Gasteiger partial charge in [0.1, 0.15) is 0 Å². The van der Waals surface area contributed by atoms with Crippen molar-refractivity contribution in [2.24, 2.45) is 0 Å². The average Bonchev–Trinajstić information content (AvgIpc) is 2.03. The molecular weight excluding hydrogens is 227 g/mol. The van der Waals surface area contributed by atoms with Gasteiger partial charge in [0.25, 0.3) is 0 Å². The summed E-state index contributed by atoms with van der Waals surface area (Å²) in [7, 11) is -3.67. The van der Waals surface area contributed by atoms with Crippen molar-refractivity contribution in [1.82, 2.24) is 0 Å². The van der Waals surface area contributed by atoms with Crippen LogP contribution in [0.5, 0.6) is 0 Å². The Labute approximate surface area is 132 Å². The van der Waals surface area contributed by atoms with Gasteiger partial charge in [-0.3, -0.25) is 12.9 Å². The van der Waals surface area contributed by atoms with Gasteiger partial charge in [-0.2, -0.15) is 20.3 Å². The van der Waals surface area contributed by atoms with E-state index < -0.39 is 7.54 Å². The summed E-state index contributed by atoms with van der Waals surface area (Å²) in [5.41, 5.74) is 1.41. The molecule has 78 valence electrons. The fourth-order valence-corrected chi connectivity index (χ4v) is 1.00. The largest absolute Gasteiger partial charge is 1.00 e. The summed E-state index contributed by atoms with van der Waals surface area (Å²) in [6.07, 6.45) is 1.11. The zero-order chi connectivity index (χ0) is 11.0. The van der Waals surface area contributed by atoms with E-state index in [1.54, 1.807) is 0 Å². The molecule has 5 heteroatoms. The Morgan fingerprint density at radius 3 is 1.80 bits per heavy atom. The molecule has 1 aromatic rings. The Morgan fingerprint density at radius 1 is 1.07 bits per heavy atom. The van der Waals surface area contributed by atoms with Crippen LogP contribution in [0.2, 0.25) is 0 Å². The molecule has 0 aliphatic heterocycles. The molecule has 0 aromatic heterocycles. The van der Waals surface area contributed by atoms with Gasteiger partial charge in [-0.1, -0.05) is 35.9 Å². The molecule has 0 bridgehead atoms. The first-order valence-corrected chi connectivity index (χ1v) is 4.27. The number of benzene rings is 1.